The molecule has 0 aliphatic carbocycles. The van der Waals surface area contributed by atoms with Crippen molar-refractivity contribution in [1.29, 1.82) is 0 Å². The van der Waals surface area contributed by atoms with Crippen LogP contribution in [0.25, 0.3) is 11.0 Å². The van der Waals surface area contributed by atoms with Crippen LogP contribution in [0.5, 0.6) is 5.88 Å². The summed E-state index contributed by atoms with van der Waals surface area (Å²) in [7, 11) is 0. The normalized spacial score (nSPS) is 12.3. The summed E-state index contributed by atoms with van der Waals surface area (Å²) < 4.78 is 16.0. The van der Waals surface area contributed by atoms with E-state index in [1.165, 1.54) is 0 Å². The van der Waals surface area contributed by atoms with Crippen LogP contribution < -0.4 is 16.2 Å². The molecule has 1 amide bonds. The number of hydrogen-bond acceptors (Lipinski definition) is 6. The molecule has 1 atom stereocenters. The van der Waals surface area contributed by atoms with Gasteiger partial charge in [-0.15, -0.1) is 0 Å². The molecule has 0 aliphatic heterocycles. The summed E-state index contributed by atoms with van der Waals surface area (Å²) in [6.45, 7) is 0.107. The summed E-state index contributed by atoms with van der Waals surface area (Å²) in [5, 5.41) is 4.53. The predicted molar refractivity (Wildman–Crippen MR) is 70.7 cm³/mol. The number of halogens is 1. The molecule has 0 spiro atoms. The van der Waals surface area contributed by atoms with Crippen molar-refractivity contribution >= 4 is 33.0 Å². The van der Waals surface area contributed by atoms with Crippen molar-refractivity contribution in [2.45, 2.75) is 6.04 Å². The van der Waals surface area contributed by atoms with Gasteiger partial charge in [0.25, 0.3) is 5.88 Å². The van der Waals surface area contributed by atoms with Crippen LogP contribution in [-0.2, 0) is 4.74 Å². The molecule has 1 aromatic heterocycles. The number of hydrogen-bond donors (Lipinski definition) is 2. The third-order valence-corrected chi connectivity index (χ3v) is 2.77. The Labute approximate surface area is 116 Å². The van der Waals surface area contributed by atoms with Crippen molar-refractivity contribution in [3.63, 3.8) is 0 Å². The molecule has 0 saturated carbocycles. The number of benzene rings is 1. The zero-order valence-corrected chi connectivity index (χ0v) is 11.4. The zero-order chi connectivity index (χ0) is 13.8. The van der Waals surface area contributed by atoms with Crippen LogP contribution in [0.4, 0.5) is 4.79 Å². The maximum absolute atomic E-state index is 10.4. The van der Waals surface area contributed by atoms with E-state index in [4.69, 9.17) is 20.7 Å². The minimum Gasteiger partial charge on any atom is -0.473 e. The van der Waals surface area contributed by atoms with Gasteiger partial charge in [0.05, 0.1) is 11.4 Å². The molecule has 0 saturated heterocycles. The van der Waals surface area contributed by atoms with Crippen LogP contribution in [0.15, 0.2) is 27.2 Å². The largest absolute Gasteiger partial charge is 0.473 e. The number of nitrogens with zero attached hydrogens (tertiary/aromatic N) is 1. The van der Waals surface area contributed by atoms with Gasteiger partial charge in [0.1, 0.15) is 13.2 Å². The van der Waals surface area contributed by atoms with Crippen LogP contribution in [0.3, 0.4) is 0 Å². The molecule has 19 heavy (non-hydrogen) atoms. The molecule has 1 unspecified atom stereocenters. The maximum Gasteiger partial charge on any atom is 0.404 e. The fraction of sp³-hybridized carbons (Fsp3) is 0.273. The van der Waals surface area contributed by atoms with Gasteiger partial charge in [0.15, 0.2) is 5.58 Å². The number of aromatic nitrogens is 1. The van der Waals surface area contributed by atoms with Crippen LogP contribution in [0.2, 0.25) is 0 Å². The van der Waals surface area contributed by atoms with E-state index in [1.54, 1.807) is 6.07 Å². The Morgan fingerprint density at radius 3 is 3.00 bits per heavy atom. The number of primary amides is 1. The van der Waals surface area contributed by atoms with Gasteiger partial charge in [-0.2, -0.15) is 0 Å². The van der Waals surface area contributed by atoms with Crippen molar-refractivity contribution in [2.75, 3.05) is 13.2 Å². The minimum atomic E-state index is -0.869. The first kappa shape index (κ1) is 13.6. The lowest BCUT2D eigenvalue weighted by molar-refractivity contribution is 0.136. The third-order valence-electron chi connectivity index (χ3n) is 2.27. The van der Waals surface area contributed by atoms with Gasteiger partial charge in [0, 0.05) is 4.47 Å². The lowest BCUT2D eigenvalue weighted by Crippen LogP contribution is -2.34. The number of fused-ring (bicyclic) bond motifs is 1. The Kier molecular flexibility index (Phi) is 4.23. The molecule has 2 rings (SSSR count). The van der Waals surface area contributed by atoms with Crippen LogP contribution in [0, 0.1) is 0 Å². The lowest BCUT2D eigenvalue weighted by Gasteiger charge is -2.10. The summed E-state index contributed by atoms with van der Waals surface area (Å²) in [6, 6.07) is 4.94. The fourth-order valence-corrected chi connectivity index (χ4v) is 1.78. The molecule has 0 fully saturated rings. The van der Waals surface area contributed by atoms with Crippen molar-refractivity contribution in [1.82, 2.24) is 5.16 Å². The SMILES string of the molecule is NC(=O)OCC(N)COc1noc2ccc(Br)cc12. The van der Waals surface area contributed by atoms with E-state index in [0.717, 1.165) is 9.86 Å². The van der Waals surface area contributed by atoms with Crippen molar-refractivity contribution < 1.29 is 18.8 Å². The van der Waals surface area contributed by atoms with Gasteiger partial charge in [-0.25, -0.2) is 4.79 Å². The monoisotopic (exact) mass is 329 g/mol. The Morgan fingerprint density at radius 2 is 2.26 bits per heavy atom. The summed E-state index contributed by atoms with van der Waals surface area (Å²) >= 11 is 3.35. The molecule has 8 heteroatoms. The van der Waals surface area contributed by atoms with Gasteiger partial charge in [-0.05, 0) is 23.4 Å². The van der Waals surface area contributed by atoms with E-state index < -0.39 is 12.1 Å². The summed E-state index contributed by atoms with van der Waals surface area (Å²) in [6.07, 6.45) is -0.869. The highest BCUT2D eigenvalue weighted by atomic mass is 79.9. The minimum absolute atomic E-state index is 0.0190. The Bertz CT molecular complexity index is 586. The Hall–Kier alpha value is -1.80. The maximum atomic E-state index is 10.4. The highest BCUT2D eigenvalue weighted by molar-refractivity contribution is 9.10. The summed E-state index contributed by atoms with van der Waals surface area (Å²) in [5.74, 6) is 0.339. The molecule has 2 aromatic rings. The van der Waals surface area contributed by atoms with Gasteiger partial charge < -0.3 is 25.5 Å². The van der Waals surface area contributed by atoms with Gasteiger partial charge in [-0.1, -0.05) is 15.9 Å². The number of nitrogens with two attached hydrogens (primary N) is 2. The molecule has 102 valence electrons. The summed E-state index contributed by atoms with van der Waals surface area (Å²) in [4.78, 5) is 10.4. The molecule has 0 radical (unpaired) electrons. The first-order valence-electron chi connectivity index (χ1n) is 5.42. The number of ether oxygens (including phenoxy) is 2. The first-order chi connectivity index (χ1) is 9.06. The standard InChI is InChI=1S/C11H12BrN3O4/c12-6-1-2-9-8(3-6)10(15-19-9)17-4-7(13)5-18-11(14)16/h1-3,7H,4-5,13H2,(H2,14,16). The molecule has 1 heterocycles. The fourth-order valence-electron chi connectivity index (χ4n) is 1.42. The number of rotatable bonds is 5. The van der Waals surface area contributed by atoms with Crippen LogP contribution in [-0.4, -0.2) is 30.5 Å². The molecular formula is C11H12BrN3O4. The number of carbonyl (C=O) groups is 1. The highest BCUT2D eigenvalue weighted by Gasteiger charge is 2.12. The topological polar surface area (TPSA) is 114 Å². The molecule has 0 bridgehead atoms. The van der Waals surface area contributed by atoms with Gasteiger partial charge >= 0.3 is 6.09 Å². The average Bonchev–Trinajstić information content (AvgIpc) is 2.76. The van der Waals surface area contributed by atoms with Crippen LogP contribution >= 0.6 is 15.9 Å². The third kappa shape index (κ3) is 3.58. The van der Waals surface area contributed by atoms with Crippen LogP contribution in [0.1, 0.15) is 0 Å². The average molecular weight is 330 g/mol. The van der Waals surface area contributed by atoms with Crippen molar-refractivity contribution in [3.8, 4) is 5.88 Å². The van der Waals surface area contributed by atoms with E-state index in [2.05, 4.69) is 25.8 Å². The van der Waals surface area contributed by atoms with E-state index in [9.17, 15) is 4.79 Å². The molecule has 4 N–H and O–H groups in total. The Balaban J connectivity index is 1.98. The second kappa shape index (κ2) is 5.89. The van der Waals surface area contributed by atoms with E-state index >= 15 is 0 Å². The number of amides is 1. The highest BCUT2D eigenvalue weighted by Crippen LogP contribution is 2.27. The second-order valence-corrected chi connectivity index (χ2v) is 4.75. The van der Waals surface area contributed by atoms with Gasteiger partial charge in [0.2, 0.25) is 0 Å². The molecular weight excluding hydrogens is 318 g/mol. The van der Waals surface area contributed by atoms with E-state index in [-0.39, 0.29) is 13.2 Å². The smallest absolute Gasteiger partial charge is 0.404 e. The first-order valence-corrected chi connectivity index (χ1v) is 6.21. The van der Waals surface area contributed by atoms with Crippen molar-refractivity contribution in [2.24, 2.45) is 11.5 Å². The summed E-state index contributed by atoms with van der Waals surface area (Å²) in [5.41, 5.74) is 11.1. The van der Waals surface area contributed by atoms with E-state index in [0.29, 0.717) is 11.5 Å². The predicted octanol–water partition coefficient (Wildman–Crippen LogP) is 1.39. The molecule has 1 aromatic carbocycles. The molecule has 0 aliphatic rings. The Morgan fingerprint density at radius 1 is 1.47 bits per heavy atom. The quantitative estimate of drug-likeness (QED) is 0.856. The second-order valence-electron chi connectivity index (χ2n) is 3.83. The molecule has 7 nitrogen and oxygen atoms in total. The van der Waals surface area contributed by atoms with Crippen molar-refractivity contribution in [3.05, 3.63) is 22.7 Å². The number of carbonyl (C=O) groups excluding carboxylic acids is 1. The lowest BCUT2D eigenvalue weighted by atomic mass is 10.2. The van der Waals surface area contributed by atoms with Gasteiger partial charge in [-0.3, -0.25) is 0 Å². The van der Waals surface area contributed by atoms with E-state index in [1.807, 2.05) is 12.1 Å². The zero-order valence-electron chi connectivity index (χ0n) is 9.84.